The lowest BCUT2D eigenvalue weighted by Crippen LogP contribution is -2.35. The van der Waals surface area contributed by atoms with Crippen LogP contribution in [0.3, 0.4) is 0 Å². The van der Waals surface area contributed by atoms with Crippen LogP contribution in [0.1, 0.15) is 17.9 Å². The van der Waals surface area contributed by atoms with Crippen LogP contribution in [0.15, 0.2) is 23.2 Å². The van der Waals surface area contributed by atoms with Gasteiger partial charge in [0.25, 0.3) is 0 Å². The molecule has 2 rings (SSSR count). The van der Waals surface area contributed by atoms with Gasteiger partial charge >= 0.3 is 0 Å². The molecule has 0 amide bonds. The van der Waals surface area contributed by atoms with Gasteiger partial charge in [-0.1, -0.05) is 29.3 Å². The van der Waals surface area contributed by atoms with Gasteiger partial charge in [0, 0.05) is 44.8 Å². The molecule has 2 unspecified atom stereocenters. The van der Waals surface area contributed by atoms with E-state index in [4.69, 9.17) is 28.2 Å². The highest BCUT2D eigenvalue weighted by Crippen LogP contribution is 2.50. The number of nitrogens with zero attached hydrogens (tertiary/aromatic N) is 3. The van der Waals surface area contributed by atoms with E-state index in [1.807, 2.05) is 56.2 Å². The molecule has 21 heavy (non-hydrogen) atoms. The summed E-state index contributed by atoms with van der Waals surface area (Å²) >= 11 is 12.2. The van der Waals surface area contributed by atoms with Crippen LogP contribution in [0.2, 0.25) is 10.0 Å². The third-order valence-electron chi connectivity index (χ3n) is 3.55. The summed E-state index contributed by atoms with van der Waals surface area (Å²) < 4.78 is 0. The lowest BCUT2D eigenvalue weighted by molar-refractivity contribution is 0.478. The van der Waals surface area contributed by atoms with E-state index in [9.17, 15) is 0 Å². The fourth-order valence-corrected chi connectivity index (χ4v) is 3.06. The van der Waals surface area contributed by atoms with Crippen molar-refractivity contribution in [3.8, 4) is 0 Å². The first kappa shape index (κ1) is 18.8. The predicted molar refractivity (Wildman–Crippen MR) is 102 cm³/mol. The third kappa shape index (κ3) is 4.89. The predicted octanol–water partition coefficient (Wildman–Crippen LogP) is 4.19. The molecule has 1 aliphatic carbocycles. The number of hydrogen-bond acceptors (Lipinski definition) is 1. The molecule has 3 nitrogen and oxygen atoms in total. The Bertz CT molecular complexity index is 508. The van der Waals surface area contributed by atoms with Crippen molar-refractivity contribution in [2.75, 3.05) is 34.7 Å². The van der Waals surface area contributed by atoms with Gasteiger partial charge in [-0.3, -0.25) is 4.99 Å². The zero-order valence-corrected chi connectivity index (χ0v) is 16.6. The number of benzene rings is 1. The van der Waals surface area contributed by atoms with Crippen molar-refractivity contribution in [3.05, 3.63) is 33.8 Å². The summed E-state index contributed by atoms with van der Waals surface area (Å²) in [6.07, 6.45) is 1.15. The van der Waals surface area contributed by atoms with Crippen molar-refractivity contribution in [2.24, 2.45) is 10.9 Å². The molecule has 0 bridgehead atoms. The number of halogens is 3. The quantitative estimate of drug-likeness (QED) is 0.397. The highest BCUT2D eigenvalue weighted by molar-refractivity contribution is 14.0. The first-order valence-electron chi connectivity index (χ1n) is 6.74. The van der Waals surface area contributed by atoms with Gasteiger partial charge in [-0.2, -0.15) is 0 Å². The Balaban J connectivity index is 0.00000220. The second-order valence-electron chi connectivity index (χ2n) is 5.70. The van der Waals surface area contributed by atoms with E-state index in [-0.39, 0.29) is 24.0 Å². The monoisotopic (exact) mass is 441 g/mol. The Morgan fingerprint density at radius 1 is 1.19 bits per heavy atom. The number of rotatable bonds is 3. The summed E-state index contributed by atoms with van der Waals surface area (Å²) in [5.74, 6) is 2.11. The van der Waals surface area contributed by atoms with Gasteiger partial charge in [0.1, 0.15) is 0 Å². The molecule has 0 radical (unpaired) electrons. The van der Waals surface area contributed by atoms with E-state index in [1.54, 1.807) is 0 Å². The number of guanidine groups is 1. The normalized spacial score (nSPS) is 19.5. The van der Waals surface area contributed by atoms with Crippen molar-refractivity contribution in [3.63, 3.8) is 0 Å². The van der Waals surface area contributed by atoms with Crippen molar-refractivity contribution < 1.29 is 0 Å². The standard InChI is InChI=1S/C15H21Cl2N3.HI/c1-19(2)15(20(3)4)18-9-10-7-13(10)12-6-5-11(16)8-14(12)17;/h5-6,8,10,13H,7,9H2,1-4H3;1H. The molecule has 1 aliphatic rings. The van der Waals surface area contributed by atoms with Crippen LogP contribution in [-0.2, 0) is 0 Å². The minimum Gasteiger partial charge on any atom is -0.349 e. The second-order valence-corrected chi connectivity index (χ2v) is 6.54. The van der Waals surface area contributed by atoms with E-state index >= 15 is 0 Å². The van der Waals surface area contributed by atoms with Gasteiger partial charge in [-0.05, 0) is 36.0 Å². The van der Waals surface area contributed by atoms with Gasteiger partial charge in [0.15, 0.2) is 5.96 Å². The van der Waals surface area contributed by atoms with E-state index in [0.717, 1.165) is 23.9 Å². The first-order chi connectivity index (χ1) is 9.40. The zero-order valence-electron chi connectivity index (χ0n) is 12.8. The molecule has 0 aromatic heterocycles. The largest absolute Gasteiger partial charge is 0.349 e. The number of aliphatic imine (C=N–C) groups is 1. The van der Waals surface area contributed by atoms with Crippen LogP contribution in [0.4, 0.5) is 0 Å². The van der Waals surface area contributed by atoms with Gasteiger partial charge in [-0.15, -0.1) is 24.0 Å². The van der Waals surface area contributed by atoms with E-state index < -0.39 is 0 Å². The molecule has 1 aromatic carbocycles. The highest BCUT2D eigenvalue weighted by atomic mass is 127. The molecule has 2 atom stereocenters. The smallest absolute Gasteiger partial charge is 0.195 e. The first-order valence-corrected chi connectivity index (χ1v) is 7.49. The zero-order chi connectivity index (χ0) is 14.9. The molecule has 0 spiro atoms. The minimum absolute atomic E-state index is 0. The maximum Gasteiger partial charge on any atom is 0.195 e. The van der Waals surface area contributed by atoms with E-state index in [2.05, 4.69) is 0 Å². The molecule has 0 aliphatic heterocycles. The summed E-state index contributed by atoms with van der Waals surface area (Å²) in [6.45, 7) is 0.843. The average molecular weight is 442 g/mol. The Morgan fingerprint density at radius 3 is 2.33 bits per heavy atom. The summed E-state index contributed by atoms with van der Waals surface area (Å²) in [5.41, 5.74) is 1.20. The van der Waals surface area contributed by atoms with Crippen LogP contribution in [0, 0.1) is 5.92 Å². The van der Waals surface area contributed by atoms with Crippen molar-refractivity contribution in [1.29, 1.82) is 0 Å². The van der Waals surface area contributed by atoms with Gasteiger partial charge in [-0.25, -0.2) is 0 Å². The highest BCUT2D eigenvalue weighted by Gasteiger charge is 2.39. The molecule has 1 fully saturated rings. The summed E-state index contributed by atoms with van der Waals surface area (Å²) in [6, 6.07) is 5.77. The molecule has 0 saturated heterocycles. The van der Waals surface area contributed by atoms with Gasteiger partial charge in [0.05, 0.1) is 0 Å². The summed E-state index contributed by atoms with van der Waals surface area (Å²) in [5, 5.41) is 1.46. The second kappa shape index (κ2) is 7.88. The Kier molecular flexibility index (Phi) is 7.07. The topological polar surface area (TPSA) is 18.8 Å². The van der Waals surface area contributed by atoms with Crippen molar-refractivity contribution >= 4 is 53.1 Å². The maximum atomic E-state index is 6.26. The van der Waals surface area contributed by atoms with Crippen molar-refractivity contribution in [1.82, 2.24) is 9.80 Å². The molecule has 6 heteroatoms. The Labute approximate surface area is 154 Å². The third-order valence-corrected chi connectivity index (χ3v) is 4.11. The van der Waals surface area contributed by atoms with Crippen LogP contribution in [0.5, 0.6) is 0 Å². The fourth-order valence-electron chi connectivity index (χ4n) is 2.51. The van der Waals surface area contributed by atoms with Crippen LogP contribution >= 0.6 is 47.2 Å². The van der Waals surface area contributed by atoms with Gasteiger partial charge in [0.2, 0.25) is 0 Å². The fraction of sp³-hybridized carbons (Fsp3) is 0.533. The lowest BCUT2D eigenvalue weighted by Gasteiger charge is -2.22. The SMILES string of the molecule is CN(C)C(=NCC1CC1c1ccc(Cl)cc1Cl)N(C)C.I. The Morgan fingerprint density at radius 2 is 1.81 bits per heavy atom. The lowest BCUT2D eigenvalue weighted by atomic mass is 10.1. The number of hydrogen-bond donors (Lipinski definition) is 0. The molecular weight excluding hydrogens is 420 g/mol. The van der Waals surface area contributed by atoms with Crippen LogP contribution in [0.25, 0.3) is 0 Å². The van der Waals surface area contributed by atoms with Gasteiger partial charge < -0.3 is 9.80 Å². The molecule has 0 N–H and O–H groups in total. The maximum absolute atomic E-state index is 6.26. The molecule has 1 aromatic rings. The summed E-state index contributed by atoms with van der Waals surface area (Å²) in [7, 11) is 8.05. The molecular formula is C15H22Cl2IN3. The molecule has 118 valence electrons. The minimum atomic E-state index is 0. The van der Waals surface area contributed by atoms with Crippen LogP contribution in [-0.4, -0.2) is 50.5 Å². The van der Waals surface area contributed by atoms with Crippen LogP contribution < -0.4 is 0 Å². The average Bonchev–Trinajstić information content (AvgIpc) is 3.07. The Hall–Kier alpha value is -0.200. The van der Waals surface area contributed by atoms with E-state index in [1.165, 1.54) is 5.56 Å². The summed E-state index contributed by atoms with van der Waals surface area (Å²) in [4.78, 5) is 8.78. The van der Waals surface area contributed by atoms with E-state index in [0.29, 0.717) is 16.9 Å². The van der Waals surface area contributed by atoms with Crippen molar-refractivity contribution in [2.45, 2.75) is 12.3 Å². The molecule has 1 saturated carbocycles. The molecule has 0 heterocycles.